The predicted octanol–water partition coefficient (Wildman–Crippen LogP) is 12.8. The van der Waals surface area contributed by atoms with Crippen LogP contribution in [0.25, 0.3) is 81.3 Å². The molecule has 0 unspecified atom stereocenters. The highest BCUT2D eigenvalue weighted by atomic mass is 14.8. The smallest absolute Gasteiger partial charge is 0.187 e. The average Bonchev–Trinajstić information content (AvgIpc) is 3.22. The predicted molar refractivity (Wildman–Crippen MR) is 220 cm³/mol. The maximum Gasteiger partial charge on any atom is 0.187 e. The van der Waals surface area contributed by atoms with Crippen LogP contribution in [0.2, 0.25) is 0 Å². The highest BCUT2D eigenvalue weighted by Crippen LogP contribution is 2.42. The first-order valence-corrected chi connectivity index (χ1v) is 17.5. The van der Waals surface area contributed by atoms with Crippen molar-refractivity contribution < 1.29 is 0 Å². The molecule has 0 radical (unpaired) electrons. The summed E-state index contributed by atoms with van der Waals surface area (Å²) in [6, 6.07) is 62.0. The number of hydrogen-bond donors (Lipinski definition) is 1. The van der Waals surface area contributed by atoms with E-state index >= 15 is 0 Å². The Morgan fingerprint density at radius 3 is 1.73 bits per heavy atom. The summed E-state index contributed by atoms with van der Waals surface area (Å²) in [6.45, 7) is 7.88. The number of nitrogens with zero attached hydrogens (tertiary/aromatic N) is 2. The molecule has 0 heterocycles. The molecule has 0 bridgehead atoms. The van der Waals surface area contributed by atoms with E-state index < -0.39 is 0 Å². The van der Waals surface area contributed by atoms with Crippen LogP contribution in [-0.2, 0) is 6.54 Å². The Bertz CT molecular complexity index is 2880. The second kappa shape index (κ2) is 13.0. The Hall–Kier alpha value is -7.02. The van der Waals surface area contributed by atoms with E-state index in [1.165, 1.54) is 49.0 Å². The molecule has 9 aromatic rings. The Morgan fingerprint density at radius 2 is 1.04 bits per heavy atom. The summed E-state index contributed by atoms with van der Waals surface area (Å²) in [5.74, 6) is 0.535. The van der Waals surface area contributed by atoms with Gasteiger partial charge in [-0.15, -0.1) is 0 Å². The van der Waals surface area contributed by atoms with Gasteiger partial charge in [0.05, 0.1) is 13.1 Å². The first-order chi connectivity index (χ1) is 25.6. The number of hydrogen-bond acceptors (Lipinski definition) is 1. The molecule has 0 aliphatic heterocycles. The molecule has 0 saturated carbocycles. The van der Waals surface area contributed by atoms with Crippen LogP contribution in [0.15, 0.2) is 181 Å². The molecule has 0 aromatic heterocycles. The lowest BCUT2D eigenvalue weighted by Gasteiger charge is -2.16. The summed E-state index contributed by atoms with van der Waals surface area (Å²) >= 11 is 0. The SMILES string of the molecule is [C-]#[N+]c1ccc2cc(-c3ccc(-c4cc5c6ccccc6c(-c6cccc(C(N)=NCc7ccccc7)c6)cc5c5ccccc45)cc3)ccc2c1. The molecule has 0 saturated heterocycles. The van der Waals surface area contributed by atoms with Crippen LogP contribution in [0.3, 0.4) is 0 Å². The van der Waals surface area contributed by atoms with Gasteiger partial charge in [0.1, 0.15) is 5.84 Å². The Balaban J connectivity index is 1.14. The zero-order chi connectivity index (χ0) is 35.0. The highest BCUT2D eigenvalue weighted by Gasteiger charge is 2.15. The molecule has 52 heavy (non-hydrogen) atoms. The minimum Gasteiger partial charge on any atom is -0.383 e. The van der Waals surface area contributed by atoms with E-state index in [0.29, 0.717) is 18.1 Å². The fraction of sp³-hybridized carbons (Fsp3) is 0.0204. The standard InChI is InChI=1S/C49H33N3/c1-51-40-25-24-36-26-35(22-23-37(36)28-40)33-18-20-34(21-19-33)45-29-47-44-17-8-6-15-42(44)46(30-48(47)43-16-7-5-14-41(43)45)38-12-9-13-39(27-38)49(50)52-31-32-10-3-2-4-11-32/h2-30H,31H2,(H2,50,52). The third-order valence-electron chi connectivity index (χ3n) is 10.1. The van der Waals surface area contributed by atoms with Crippen LogP contribution in [0, 0.1) is 6.57 Å². The van der Waals surface area contributed by atoms with E-state index in [4.69, 9.17) is 17.3 Å². The van der Waals surface area contributed by atoms with Gasteiger partial charge in [-0.25, -0.2) is 4.85 Å². The molecule has 9 rings (SSSR count). The maximum atomic E-state index is 7.34. The molecule has 0 aliphatic rings. The fourth-order valence-corrected chi connectivity index (χ4v) is 7.45. The second-order valence-corrected chi connectivity index (χ2v) is 13.2. The van der Waals surface area contributed by atoms with E-state index in [9.17, 15) is 0 Å². The average molecular weight is 664 g/mol. The molecule has 0 fully saturated rings. The number of benzene rings is 9. The van der Waals surface area contributed by atoms with Gasteiger partial charge in [-0.05, 0) is 112 Å². The second-order valence-electron chi connectivity index (χ2n) is 13.2. The van der Waals surface area contributed by atoms with Gasteiger partial charge in [0.15, 0.2) is 5.69 Å². The zero-order valence-electron chi connectivity index (χ0n) is 28.4. The van der Waals surface area contributed by atoms with Crippen molar-refractivity contribution in [3.05, 3.63) is 198 Å². The summed E-state index contributed by atoms with van der Waals surface area (Å²) in [5, 5.41) is 9.51. The van der Waals surface area contributed by atoms with Crippen molar-refractivity contribution in [3.63, 3.8) is 0 Å². The van der Waals surface area contributed by atoms with Gasteiger partial charge in [-0.2, -0.15) is 0 Å². The fourth-order valence-electron chi connectivity index (χ4n) is 7.45. The third-order valence-corrected chi connectivity index (χ3v) is 10.1. The first kappa shape index (κ1) is 31.0. The summed E-state index contributed by atoms with van der Waals surface area (Å²) in [6.07, 6.45) is 0. The highest BCUT2D eigenvalue weighted by molar-refractivity contribution is 6.24. The van der Waals surface area contributed by atoms with Crippen molar-refractivity contribution in [2.45, 2.75) is 6.54 Å². The lowest BCUT2D eigenvalue weighted by atomic mass is 9.87. The van der Waals surface area contributed by atoms with Crippen LogP contribution in [-0.4, -0.2) is 5.84 Å². The lowest BCUT2D eigenvalue weighted by molar-refractivity contribution is 1.06. The zero-order valence-corrected chi connectivity index (χ0v) is 28.4. The van der Waals surface area contributed by atoms with E-state index in [1.807, 2.05) is 42.5 Å². The molecule has 0 amide bonds. The quantitative estimate of drug-likeness (QED) is 0.0818. The summed E-state index contributed by atoms with van der Waals surface area (Å²) < 4.78 is 0. The minimum atomic E-state index is 0.535. The molecule has 2 N–H and O–H groups in total. The Morgan fingerprint density at radius 1 is 0.462 bits per heavy atom. The molecule has 9 aromatic carbocycles. The number of amidine groups is 1. The third kappa shape index (κ3) is 5.63. The molecule has 3 heteroatoms. The summed E-state index contributed by atoms with van der Waals surface area (Å²) in [4.78, 5) is 8.30. The van der Waals surface area contributed by atoms with Crippen molar-refractivity contribution in [2.75, 3.05) is 0 Å². The van der Waals surface area contributed by atoms with Gasteiger partial charge in [0.25, 0.3) is 0 Å². The normalized spacial score (nSPS) is 11.7. The van der Waals surface area contributed by atoms with E-state index in [1.54, 1.807) is 0 Å². The summed E-state index contributed by atoms with van der Waals surface area (Å²) in [5.41, 5.74) is 16.2. The van der Waals surface area contributed by atoms with Crippen LogP contribution >= 0.6 is 0 Å². The van der Waals surface area contributed by atoms with Crippen molar-refractivity contribution in [3.8, 4) is 33.4 Å². The van der Waals surface area contributed by atoms with Gasteiger partial charge in [0.2, 0.25) is 0 Å². The van der Waals surface area contributed by atoms with E-state index in [2.05, 4.69) is 138 Å². The lowest BCUT2D eigenvalue weighted by Crippen LogP contribution is -2.13. The number of aliphatic imine (C=N–C) groups is 1. The molecular weight excluding hydrogens is 631 g/mol. The largest absolute Gasteiger partial charge is 0.383 e. The van der Waals surface area contributed by atoms with E-state index in [0.717, 1.165) is 38.6 Å². The maximum absolute atomic E-state index is 7.34. The van der Waals surface area contributed by atoms with Crippen LogP contribution in [0.5, 0.6) is 0 Å². The van der Waals surface area contributed by atoms with E-state index in [-0.39, 0.29) is 0 Å². The van der Waals surface area contributed by atoms with Crippen molar-refractivity contribution in [1.29, 1.82) is 0 Å². The van der Waals surface area contributed by atoms with Crippen LogP contribution in [0.4, 0.5) is 5.69 Å². The van der Waals surface area contributed by atoms with Crippen LogP contribution in [0.1, 0.15) is 11.1 Å². The first-order valence-electron chi connectivity index (χ1n) is 17.5. The number of nitrogens with two attached hydrogens (primary N) is 1. The van der Waals surface area contributed by atoms with Crippen molar-refractivity contribution in [1.82, 2.24) is 0 Å². The van der Waals surface area contributed by atoms with Crippen LogP contribution < -0.4 is 5.73 Å². The molecule has 0 aliphatic carbocycles. The van der Waals surface area contributed by atoms with Gasteiger partial charge in [0, 0.05) is 5.56 Å². The van der Waals surface area contributed by atoms with Crippen molar-refractivity contribution >= 4 is 54.6 Å². The van der Waals surface area contributed by atoms with Gasteiger partial charge in [-0.1, -0.05) is 146 Å². The van der Waals surface area contributed by atoms with Crippen molar-refractivity contribution in [2.24, 2.45) is 10.7 Å². The number of fused-ring (bicyclic) bond motifs is 6. The Labute approximate surface area is 302 Å². The topological polar surface area (TPSA) is 42.7 Å². The Kier molecular flexibility index (Phi) is 7.76. The minimum absolute atomic E-state index is 0.535. The monoisotopic (exact) mass is 663 g/mol. The molecule has 0 atom stereocenters. The number of rotatable bonds is 6. The van der Waals surface area contributed by atoms with Gasteiger partial charge in [-0.3, -0.25) is 4.99 Å². The van der Waals surface area contributed by atoms with Gasteiger partial charge < -0.3 is 5.73 Å². The molecule has 3 nitrogen and oxygen atoms in total. The summed E-state index contributed by atoms with van der Waals surface area (Å²) in [7, 11) is 0. The van der Waals surface area contributed by atoms with Gasteiger partial charge >= 0.3 is 0 Å². The molecule has 0 spiro atoms. The molecular formula is C49H33N3. The molecule has 244 valence electrons.